The van der Waals surface area contributed by atoms with Crippen LogP contribution in [0.3, 0.4) is 0 Å². The number of amides is 1. The number of hydrogen-bond acceptors (Lipinski definition) is 5. The van der Waals surface area contributed by atoms with Gasteiger partial charge in [-0.25, -0.2) is 4.98 Å². The Morgan fingerprint density at radius 2 is 2.05 bits per heavy atom. The van der Waals surface area contributed by atoms with Gasteiger partial charge in [-0.05, 0) is 30.6 Å². The van der Waals surface area contributed by atoms with Gasteiger partial charge in [0.1, 0.15) is 16.3 Å². The van der Waals surface area contributed by atoms with E-state index in [1.54, 1.807) is 0 Å². The molecule has 0 saturated carbocycles. The molecular weight excluding hydrogens is 321 g/mol. The second kappa shape index (κ2) is 5.79. The van der Waals surface area contributed by atoms with Crippen molar-refractivity contribution < 1.29 is 18.0 Å². The van der Waals surface area contributed by atoms with E-state index in [4.69, 9.17) is 0 Å². The van der Waals surface area contributed by atoms with E-state index in [-0.39, 0.29) is 21.9 Å². The van der Waals surface area contributed by atoms with E-state index in [0.29, 0.717) is 0 Å². The molecule has 3 N–H and O–H groups in total. The van der Waals surface area contributed by atoms with Crippen LogP contribution < -0.4 is 16.2 Å². The predicted octanol–water partition coefficient (Wildman–Crippen LogP) is 2.26. The van der Waals surface area contributed by atoms with Crippen molar-refractivity contribution in [1.82, 2.24) is 14.7 Å². The lowest BCUT2D eigenvalue weighted by Gasteiger charge is -2.11. The number of halogens is 3. The third kappa shape index (κ3) is 3.27. The van der Waals surface area contributed by atoms with Crippen molar-refractivity contribution in [3.05, 3.63) is 39.4 Å². The van der Waals surface area contributed by atoms with E-state index in [9.17, 15) is 22.8 Å². The number of anilines is 2. The SMILES string of the molecule is CNC(=O)c1c(Nc2cc(C)nc(C(F)(F)F)c2)s[nH]c1=O. The number of rotatable bonds is 3. The number of aromatic nitrogens is 2. The summed E-state index contributed by atoms with van der Waals surface area (Å²) in [4.78, 5) is 26.6. The number of nitrogens with one attached hydrogen (secondary N) is 3. The topological polar surface area (TPSA) is 86.9 Å². The molecular formula is C12H11F3N4O2S. The second-order valence-electron chi connectivity index (χ2n) is 4.32. The van der Waals surface area contributed by atoms with Crippen LogP contribution in [-0.2, 0) is 6.18 Å². The van der Waals surface area contributed by atoms with Crippen molar-refractivity contribution in [3.8, 4) is 0 Å². The third-order valence-electron chi connectivity index (χ3n) is 2.66. The van der Waals surface area contributed by atoms with E-state index in [2.05, 4.69) is 20.0 Å². The molecule has 0 saturated heterocycles. The Morgan fingerprint density at radius 3 is 2.64 bits per heavy atom. The lowest BCUT2D eigenvalue weighted by Crippen LogP contribution is -2.24. The second-order valence-corrected chi connectivity index (χ2v) is 5.14. The number of aryl methyl sites for hydroxylation is 1. The van der Waals surface area contributed by atoms with Crippen LogP contribution in [0.15, 0.2) is 16.9 Å². The molecule has 6 nitrogen and oxygen atoms in total. The summed E-state index contributed by atoms with van der Waals surface area (Å²) in [5, 5.41) is 5.07. The molecule has 2 heterocycles. The largest absolute Gasteiger partial charge is 0.433 e. The molecule has 10 heteroatoms. The minimum Gasteiger partial charge on any atom is -0.355 e. The molecule has 1 amide bonds. The molecule has 0 aliphatic heterocycles. The standard InChI is InChI=1S/C12H11F3N4O2S/c1-5-3-6(4-7(17-5)12(13,14)15)18-11-8(9(20)16-2)10(21)19-22-11/h3-4H,1-2H3,(H,16,20)(H,17,18)(H,19,21). The predicted molar refractivity (Wildman–Crippen MR) is 75.6 cm³/mol. The number of carbonyl (C=O) groups is 1. The van der Waals surface area contributed by atoms with Gasteiger partial charge in [0.15, 0.2) is 0 Å². The van der Waals surface area contributed by atoms with Crippen LogP contribution in [0.4, 0.5) is 23.9 Å². The molecule has 22 heavy (non-hydrogen) atoms. The number of nitrogens with zero attached hydrogens (tertiary/aromatic N) is 1. The van der Waals surface area contributed by atoms with Gasteiger partial charge in [0.2, 0.25) is 0 Å². The first-order valence-corrected chi connectivity index (χ1v) is 6.80. The van der Waals surface area contributed by atoms with Gasteiger partial charge in [-0.1, -0.05) is 0 Å². The Bertz CT molecular complexity index is 766. The maximum atomic E-state index is 12.7. The zero-order chi connectivity index (χ0) is 16.5. The maximum absolute atomic E-state index is 12.7. The molecule has 0 aliphatic carbocycles. The van der Waals surface area contributed by atoms with Crippen molar-refractivity contribution in [2.75, 3.05) is 12.4 Å². The fraction of sp³-hybridized carbons (Fsp3) is 0.250. The summed E-state index contributed by atoms with van der Waals surface area (Å²) in [6, 6.07) is 2.19. The van der Waals surface area contributed by atoms with E-state index >= 15 is 0 Å². The summed E-state index contributed by atoms with van der Waals surface area (Å²) >= 11 is 0.823. The number of pyridine rings is 1. The number of alkyl halides is 3. The van der Waals surface area contributed by atoms with Crippen LogP contribution in [0.25, 0.3) is 0 Å². The van der Waals surface area contributed by atoms with Crippen LogP contribution in [-0.4, -0.2) is 22.3 Å². The molecule has 0 bridgehead atoms. The van der Waals surface area contributed by atoms with Gasteiger partial charge in [-0.2, -0.15) is 13.2 Å². The van der Waals surface area contributed by atoms with Gasteiger partial charge >= 0.3 is 6.18 Å². The van der Waals surface area contributed by atoms with Crippen LogP contribution in [0.1, 0.15) is 21.7 Å². The highest BCUT2D eigenvalue weighted by atomic mass is 32.1. The first kappa shape index (κ1) is 16.0. The van der Waals surface area contributed by atoms with E-state index in [0.717, 1.165) is 17.6 Å². The number of H-pyrrole nitrogens is 1. The Labute approximate surface area is 126 Å². The molecule has 2 aromatic heterocycles. The van der Waals surface area contributed by atoms with Crippen molar-refractivity contribution in [3.63, 3.8) is 0 Å². The molecule has 0 spiro atoms. The third-order valence-corrected chi connectivity index (χ3v) is 3.45. The summed E-state index contributed by atoms with van der Waals surface area (Å²) in [5.41, 5.74) is -1.62. The molecule has 0 aliphatic rings. The van der Waals surface area contributed by atoms with Gasteiger partial charge < -0.3 is 10.6 Å². The molecule has 2 rings (SSSR count). The first-order chi connectivity index (χ1) is 10.2. The fourth-order valence-corrected chi connectivity index (χ4v) is 2.49. The minimum absolute atomic E-state index is 0.0835. The summed E-state index contributed by atoms with van der Waals surface area (Å²) in [5.74, 6) is -0.633. The van der Waals surface area contributed by atoms with Gasteiger partial charge in [0, 0.05) is 18.4 Å². The summed E-state index contributed by atoms with van der Waals surface area (Å²) < 4.78 is 40.6. The van der Waals surface area contributed by atoms with Crippen molar-refractivity contribution >= 4 is 28.1 Å². The van der Waals surface area contributed by atoms with Crippen molar-refractivity contribution in [2.24, 2.45) is 0 Å². The number of aromatic amines is 1. The molecule has 2 aromatic rings. The van der Waals surface area contributed by atoms with Gasteiger partial charge in [0.25, 0.3) is 11.5 Å². The van der Waals surface area contributed by atoms with E-state index in [1.165, 1.54) is 20.0 Å². The average molecular weight is 332 g/mol. The Hall–Kier alpha value is -2.36. The van der Waals surface area contributed by atoms with Gasteiger partial charge in [0.05, 0.1) is 0 Å². The molecule has 0 unspecified atom stereocenters. The molecule has 0 aromatic carbocycles. The van der Waals surface area contributed by atoms with E-state index < -0.39 is 23.3 Å². The van der Waals surface area contributed by atoms with Crippen molar-refractivity contribution in [1.29, 1.82) is 0 Å². The van der Waals surface area contributed by atoms with Gasteiger partial charge in [-0.3, -0.25) is 14.0 Å². The summed E-state index contributed by atoms with van der Waals surface area (Å²) in [7, 11) is 1.35. The molecule has 0 atom stereocenters. The van der Waals surface area contributed by atoms with Crippen LogP contribution in [0, 0.1) is 6.92 Å². The lowest BCUT2D eigenvalue weighted by atomic mass is 10.2. The minimum atomic E-state index is -4.59. The zero-order valence-corrected chi connectivity index (χ0v) is 12.3. The normalized spacial score (nSPS) is 11.3. The summed E-state index contributed by atoms with van der Waals surface area (Å²) in [6.07, 6.45) is -4.59. The molecule has 0 radical (unpaired) electrons. The Morgan fingerprint density at radius 1 is 1.36 bits per heavy atom. The number of carbonyl (C=O) groups excluding carboxylic acids is 1. The number of hydrogen-bond donors (Lipinski definition) is 3. The van der Waals surface area contributed by atoms with Crippen LogP contribution in [0.5, 0.6) is 0 Å². The quantitative estimate of drug-likeness (QED) is 0.805. The lowest BCUT2D eigenvalue weighted by molar-refractivity contribution is -0.141. The van der Waals surface area contributed by atoms with Crippen molar-refractivity contribution in [2.45, 2.75) is 13.1 Å². The fourth-order valence-electron chi connectivity index (χ4n) is 1.74. The van der Waals surface area contributed by atoms with Crippen LogP contribution in [0.2, 0.25) is 0 Å². The van der Waals surface area contributed by atoms with E-state index in [1.807, 2.05) is 0 Å². The van der Waals surface area contributed by atoms with Gasteiger partial charge in [-0.15, -0.1) is 0 Å². The highest BCUT2D eigenvalue weighted by molar-refractivity contribution is 7.10. The first-order valence-electron chi connectivity index (χ1n) is 5.99. The highest BCUT2D eigenvalue weighted by Gasteiger charge is 2.33. The summed E-state index contributed by atoms with van der Waals surface area (Å²) in [6.45, 7) is 1.42. The smallest absolute Gasteiger partial charge is 0.355 e. The highest BCUT2D eigenvalue weighted by Crippen LogP contribution is 2.31. The zero-order valence-electron chi connectivity index (χ0n) is 11.5. The average Bonchev–Trinajstić information content (AvgIpc) is 2.77. The Kier molecular flexibility index (Phi) is 4.22. The molecule has 0 fully saturated rings. The maximum Gasteiger partial charge on any atom is 0.433 e. The molecule has 118 valence electrons. The monoisotopic (exact) mass is 332 g/mol. The Balaban J connectivity index is 2.42. The van der Waals surface area contributed by atoms with Crippen LogP contribution >= 0.6 is 11.5 Å².